The average molecular weight is 349 g/mol. The monoisotopic (exact) mass is 349 g/mol. The first-order valence-corrected chi connectivity index (χ1v) is 9.00. The van der Waals surface area contributed by atoms with E-state index in [-0.39, 0.29) is 0 Å². The Kier molecular flexibility index (Phi) is 5.56. The average Bonchev–Trinajstić information content (AvgIpc) is 3.01. The molecule has 5 heteroatoms. The van der Waals surface area contributed by atoms with Crippen molar-refractivity contribution in [2.24, 2.45) is 4.99 Å². The van der Waals surface area contributed by atoms with Crippen LogP contribution in [0, 0.1) is 20.8 Å². The van der Waals surface area contributed by atoms with Crippen molar-refractivity contribution in [1.29, 1.82) is 0 Å². The lowest BCUT2D eigenvalue weighted by Crippen LogP contribution is -2.37. The van der Waals surface area contributed by atoms with Crippen LogP contribution in [-0.2, 0) is 13.0 Å². The summed E-state index contributed by atoms with van der Waals surface area (Å²) in [5, 5.41) is 6.71. The Balaban J connectivity index is 1.53. The van der Waals surface area contributed by atoms with Gasteiger partial charge in [-0.15, -0.1) is 0 Å². The maximum Gasteiger partial charge on any atom is 0.191 e. The highest BCUT2D eigenvalue weighted by atomic mass is 15.2. The summed E-state index contributed by atoms with van der Waals surface area (Å²) in [4.78, 5) is 8.95. The van der Waals surface area contributed by atoms with E-state index in [9.17, 15) is 0 Å². The Morgan fingerprint density at radius 2 is 1.85 bits per heavy atom. The van der Waals surface area contributed by atoms with E-state index >= 15 is 0 Å². The van der Waals surface area contributed by atoms with Gasteiger partial charge in [-0.3, -0.25) is 4.99 Å². The number of pyridine rings is 1. The molecule has 136 valence electrons. The third-order valence-electron chi connectivity index (χ3n) is 4.39. The number of aromatic nitrogens is 2. The first kappa shape index (κ1) is 18.0. The highest BCUT2D eigenvalue weighted by Gasteiger charge is 2.04. The highest BCUT2D eigenvalue weighted by Crippen LogP contribution is 2.09. The van der Waals surface area contributed by atoms with Crippen LogP contribution < -0.4 is 10.6 Å². The number of guanidine groups is 1. The van der Waals surface area contributed by atoms with E-state index < -0.39 is 0 Å². The SMILES string of the molecule is CN=C(NCCc1cc(C)cc(C)c1)NCc1cn2c(C)cccc2n1. The van der Waals surface area contributed by atoms with Gasteiger partial charge in [0.2, 0.25) is 0 Å². The second-order valence-electron chi connectivity index (χ2n) is 6.73. The van der Waals surface area contributed by atoms with Gasteiger partial charge in [-0.1, -0.05) is 35.4 Å². The lowest BCUT2D eigenvalue weighted by Gasteiger charge is -2.11. The van der Waals surface area contributed by atoms with Crippen molar-refractivity contribution in [2.45, 2.75) is 33.7 Å². The fourth-order valence-electron chi connectivity index (χ4n) is 3.22. The summed E-state index contributed by atoms with van der Waals surface area (Å²) in [6.07, 6.45) is 3.04. The largest absolute Gasteiger partial charge is 0.356 e. The molecule has 2 aromatic heterocycles. The molecule has 0 bridgehead atoms. The Morgan fingerprint density at radius 1 is 1.08 bits per heavy atom. The van der Waals surface area contributed by atoms with E-state index in [1.165, 1.54) is 22.4 Å². The number of fused-ring (bicyclic) bond motifs is 1. The van der Waals surface area contributed by atoms with Crippen molar-refractivity contribution >= 4 is 11.6 Å². The molecule has 0 saturated heterocycles. The molecule has 0 radical (unpaired) electrons. The molecule has 2 N–H and O–H groups in total. The predicted octanol–water partition coefficient (Wildman–Crippen LogP) is 3.17. The van der Waals surface area contributed by atoms with Gasteiger partial charge in [-0.05, 0) is 44.9 Å². The Hall–Kier alpha value is -2.82. The van der Waals surface area contributed by atoms with E-state index in [2.05, 4.69) is 76.2 Å². The molecular weight excluding hydrogens is 322 g/mol. The standard InChI is InChI=1S/C21H27N5/c1-15-10-16(2)12-18(11-15)8-9-23-21(22-4)24-13-19-14-26-17(3)6-5-7-20(26)25-19/h5-7,10-12,14H,8-9,13H2,1-4H3,(H2,22,23,24). The minimum Gasteiger partial charge on any atom is -0.356 e. The van der Waals surface area contributed by atoms with Crippen LogP contribution in [-0.4, -0.2) is 28.9 Å². The van der Waals surface area contributed by atoms with E-state index in [0.717, 1.165) is 30.3 Å². The summed E-state index contributed by atoms with van der Waals surface area (Å²) >= 11 is 0. The van der Waals surface area contributed by atoms with Gasteiger partial charge in [-0.25, -0.2) is 4.98 Å². The van der Waals surface area contributed by atoms with Gasteiger partial charge < -0.3 is 15.0 Å². The topological polar surface area (TPSA) is 53.7 Å². The zero-order valence-corrected chi connectivity index (χ0v) is 16.0. The number of nitrogens with one attached hydrogen (secondary N) is 2. The minimum absolute atomic E-state index is 0.643. The number of benzene rings is 1. The zero-order valence-electron chi connectivity index (χ0n) is 16.0. The summed E-state index contributed by atoms with van der Waals surface area (Å²) in [5.74, 6) is 0.795. The first-order valence-electron chi connectivity index (χ1n) is 9.00. The summed E-state index contributed by atoms with van der Waals surface area (Å²) in [5.41, 5.74) is 7.11. The van der Waals surface area contributed by atoms with Gasteiger partial charge in [0.05, 0.1) is 12.2 Å². The maximum absolute atomic E-state index is 4.64. The van der Waals surface area contributed by atoms with Gasteiger partial charge in [-0.2, -0.15) is 0 Å². The van der Waals surface area contributed by atoms with Gasteiger partial charge in [0.1, 0.15) is 5.65 Å². The zero-order chi connectivity index (χ0) is 18.5. The van der Waals surface area contributed by atoms with Crippen molar-refractivity contribution in [3.05, 3.63) is 70.7 Å². The highest BCUT2D eigenvalue weighted by molar-refractivity contribution is 5.79. The van der Waals surface area contributed by atoms with Crippen molar-refractivity contribution in [3.8, 4) is 0 Å². The van der Waals surface area contributed by atoms with Gasteiger partial charge in [0.15, 0.2) is 5.96 Å². The maximum atomic E-state index is 4.64. The van der Waals surface area contributed by atoms with E-state index in [4.69, 9.17) is 0 Å². The van der Waals surface area contributed by atoms with Crippen LogP contribution in [0.1, 0.15) is 28.1 Å². The van der Waals surface area contributed by atoms with Gasteiger partial charge in [0.25, 0.3) is 0 Å². The van der Waals surface area contributed by atoms with Crippen LogP contribution in [0.5, 0.6) is 0 Å². The van der Waals surface area contributed by atoms with Crippen LogP contribution in [0.4, 0.5) is 0 Å². The van der Waals surface area contributed by atoms with Gasteiger partial charge in [0, 0.05) is 25.5 Å². The summed E-state index contributed by atoms with van der Waals surface area (Å²) in [6, 6.07) is 12.8. The molecule has 2 heterocycles. The van der Waals surface area contributed by atoms with Crippen molar-refractivity contribution in [1.82, 2.24) is 20.0 Å². The van der Waals surface area contributed by atoms with Crippen LogP contribution in [0.2, 0.25) is 0 Å². The number of imidazole rings is 1. The molecule has 0 atom stereocenters. The molecule has 0 amide bonds. The fraction of sp³-hybridized carbons (Fsp3) is 0.333. The summed E-state index contributed by atoms with van der Waals surface area (Å²) in [7, 11) is 1.79. The third kappa shape index (κ3) is 4.42. The molecule has 0 spiro atoms. The summed E-state index contributed by atoms with van der Waals surface area (Å²) in [6.45, 7) is 7.85. The van der Waals surface area contributed by atoms with Gasteiger partial charge >= 0.3 is 0 Å². The predicted molar refractivity (Wildman–Crippen MR) is 108 cm³/mol. The lowest BCUT2D eigenvalue weighted by atomic mass is 10.1. The number of hydrogen-bond acceptors (Lipinski definition) is 2. The quantitative estimate of drug-likeness (QED) is 0.549. The van der Waals surface area contributed by atoms with Crippen LogP contribution >= 0.6 is 0 Å². The van der Waals surface area contributed by atoms with E-state index in [1.807, 2.05) is 12.1 Å². The Bertz CT molecular complexity index is 903. The molecule has 5 nitrogen and oxygen atoms in total. The number of hydrogen-bond donors (Lipinski definition) is 2. The van der Waals surface area contributed by atoms with Crippen LogP contribution in [0.15, 0.2) is 47.6 Å². The number of aryl methyl sites for hydroxylation is 3. The first-order chi connectivity index (χ1) is 12.5. The number of rotatable bonds is 5. The van der Waals surface area contributed by atoms with E-state index in [0.29, 0.717) is 6.54 Å². The molecule has 0 saturated carbocycles. The Morgan fingerprint density at radius 3 is 2.54 bits per heavy atom. The molecular formula is C21H27N5. The molecule has 1 aromatic carbocycles. The smallest absolute Gasteiger partial charge is 0.191 e. The summed E-state index contributed by atoms with van der Waals surface area (Å²) < 4.78 is 2.10. The number of aliphatic imine (C=N–C) groups is 1. The molecule has 0 unspecified atom stereocenters. The van der Waals surface area contributed by atoms with Crippen molar-refractivity contribution in [3.63, 3.8) is 0 Å². The number of nitrogens with zero attached hydrogens (tertiary/aromatic N) is 3. The lowest BCUT2D eigenvalue weighted by molar-refractivity contribution is 0.786. The second kappa shape index (κ2) is 8.04. The molecule has 0 fully saturated rings. The third-order valence-corrected chi connectivity index (χ3v) is 4.39. The normalized spacial score (nSPS) is 11.8. The van der Waals surface area contributed by atoms with Crippen LogP contribution in [0.3, 0.4) is 0 Å². The molecule has 0 aliphatic rings. The Labute approximate surface area is 155 Å². The molecule has 3 rings (SSSR count). The minimum atomic E-state index is 0.643. The van der Waals surface area contributed by atoms with Crippen molar-refractivity contribution < 1.29 is 0 Å². The molecule has 0 aliphatic carbocycles. The van der Waals surface area contributed by atoms with E-state index in [1.54, 1.807) is 7.05 Å². The molecule has 0 aliphatic heterocycles. The molecule has 26 heavy (non-hydrogen) atoms. The second-order valence-corrected chi connectivity index (χ2v) is 6.73. The fourth-order valence-corrected chi connectivity index (χ4v) is 3.22. The van der Waals surface area contributed by atoms with Crippen LogP contribution in [0.25, 0.3) is 5.65 Å². The van der Waals surface area contributed by atoms with Crippen molar-refractivity contribution in [2.75, 3.05) is 13.6 Å². The molecule has 3 aromatic rings.